The molecular weight excluding hydrogens is 456 g/mol. The Hall–Kier alpha value is -2.74. The highest BCUT2D eigenvalue weighted by Crippen LogP contribution is 2.35. The standard InChI is InChI=1S/C25H29ClN4O2S/c1-3-21(31)30-25(24(28)32,19(15-27)12-17-8-5-4-6-9-17)14-22-29-16(2)23(33-22)18-10-7-11-20(26)13-18/h4-11,13,19H,3,12,14-15,27H2,1-2H3,(H2,28,32)(H,30,31)/t19-,25?/m0/s1. The Labute approximate surface area is 203 Å². The lowest BCUT2D eigenvalue weighted by atomic mass is 9.76. The van der Waals surface area contributed by atoms with Gasteiger partial charge in [-0.25, -0.2) is 4.98 Å². The first-order valence-corrected chi connectivity index (χ1v) is 12.1. The van der Waals surface area contributed by atoms with Crippen LogP contribution in [0.3, 0.4) is 0 Å². The number of nitrogens with two attached hydrogens (primary N) is 2. The summed E-state index contributed by atoms with van der Waals surface area (Å²) in [6.07, 6.45) is 0.882. The van der Waals surface area contributed by atoms with E-state index in [1.807, 2.05) is 61.5 Å². The lowest BCUT2D eigenvalue weighted by Crippen LogP contribution is -2.65. The number of carbonyl (C=O) groups excluding carboxylic acids is 2. The van der Waals surface area contributed by atoms with Crippen molar-refractivity contribution >= 4 is 34.8 Å². The molecule has 0 aliphatic carbocycles. The zero-order valence-corrected chi connectivity index (χ0v) is 20.4. The number of amides is 2. The van der Waals surface area contributed by atoms with Gasteiger partial charge in [-0.1, -0.05) is 61.0 Å². The molecule has 0 spiro atoms. The molecule has 0 saturated carbocycles. The fourth-order valence-corrected chi connectivity index (χ4v) is 5.35. The molecule has 0 radical (unpaired) electrons. The Bertz CT molecular complexity index is 1120. The van der Waals surface area contributed by atoms with Crippen LogP contribution >= 0.6 is 22.9 Å². The molecule has 2 aromatic carbocycles. The van der Waals surface area contributed by atoms with Crippen LogP contribution in [0, 0.1) is 12.8 Å². The fourth-order valence-electron chi connectivity index (χ4n) is 4.00. The van der Waals surface area contributed by atoms with Crippen LogP contribution in [0.2, 0.25) is 5.02 Å². The molecule has 0 aliphatic heterocycles. The molecule has 0 bridgehead atoms. The van der Waals surface area contributed by atoms with E-state index >= 15 is 0 Å². The second-order valence-electron chi connectivity index (χ2n) is 8.07. The highest BCUT2D eigenvalue weighted by atomic mass is 35.5. The number of carbonyl (C=O) groups is 2. The number of halogens is 1. The first kappa shape index (κ1) is 24.9. The number of rotatable bonds is 10. The minimum absolute atomic E-state index is 0.162. The van der Waals surface area contributed by atoms with E-state index in [9.17, 15) is 9.59 Å². The molecule has 1 aromatic heterocycles. The molecule has 2 amide bonds. The van der Waals surface area contributed by atoms with E-state index in [1.165, 1.54) is 11.3 Å². The summed E-state index contributed by atoms with van der Waals surface area (Å²) in [5.41, 5.74) is 13.6. The van der Waals surface area contributed by atoms with E-state index < -0.39 is 17.4 Å². The summed E-state index contributed by atoms with van der Waals surface area (Å²) in [5, 5.41) is 4.26. The minimum atomic E-state index is -1.37. The molecule has 174 valence electrons. The van der Waals surface area contributed by atoms with Gasteiger partial charge in [0, 0.05) is 23.8 Å². The van der Waals surface area contributed by atoms with Crippen molar-refractivity contribution in [3.05, 3.63) is 75.9 Å². The van der Waals surface area contributed by atoms with E-state index in [0.29, 0.717) is 16.5 Å². The number of thiazole rings is 1. The van der Waals surface area contributed by atoms with Crippen molar-refractivity contribution < 1.29 is 9.59 Å². The van der Waals surface area contributed by atoms with Gasteiger partial charge in [0.25, 0.3) is 0 Å². The van der Waals surface area contributed by atoms with Gasteiger partial charge in [-0.2, -0.15) is 0 Å². The summed E-state index contributed by atoms with van der Waals surface area (Å²) in [5.74, 6) is -1.29. The van der Waals surface area contributed by atoms with Gasteiger partial charge in [-0.3, -0.25) is 9.59 Å². The number of nitrogens with zero attached hydrogens (tertiary/aromatic N) is 1. The fraction of sp³-hybridized carbons (Fsp3) is 0.320. The number of aromatic nitrogens is 1. The predicted octanol–water partition coefficient (Wildman–Crippen LogP) is 3.88. The molecule has 5 N–H and O–H groups in total. The summed E-state index contributed by atoms with van der Waals surface area (Å²) in [4.78, 5) is 31.2. The highest BCUT2D eigenvalue weighted by Gasteiger charge is 2.45. The van der Waals surface area contributed by atoms with Gasteiger partial charge in [0.1, 0.15) is 5.54 Å². The average Bonchev–Trinajstić information content (AvgIpc) is 3.17. The highest BCUT2D eigenvalue weighted by molar-refractivity contribution is 7.15. The monoisotopic (exact) mass is 484 g/mol. The Morgan fingerprint density at radius 1 is 1.18 bits per heavy atom. The summed E-state index contributed by atoms with van der Waals surface area (Å²) in [7, 11) is 0. The third-order valence-corrected chi connectivity index (χ3v) is 7.23. The van der Waals surface area contributed by atoms with Gasteiger partial charge in [-0.05, 0) is 43.1 Å². The largest absolute Gasteiger partial charge is 0.368 e. The maximum absolute atomic E-state index is 13.0. The van der Waals surface area contributed by atoms with Gasteiger partial charge in [0.2, 0.25) is 11.8 Å². The number of aryl methyl sites for hydroxylation is 1. The molecular formula is C25H29ClN4O2S. The molecule has 33 heavy (non-hydrogen) atoms. The number of primary amides is 1. The molecule has 3 aromatic rings. The third-order valence-electron chi connectivity index (χ3n) is 5.79. The van der Waals surface area contributed by atoms with Crippen LogP contribution in [0.4, 0.5) is 0 Å². The Kier molecular flexibility index (Phi) is 8.24. The zero-order valence-electron chi connectivity index (χ0n) is 18.8. The number of nitrogens with one attached hydrogen (secondary N) is 1. The van der Waals surface area contributed by atoms with Gasteiger partial charge < -0.3 is 16.8 Å². The molecule has 6 nitrogen and oxygen atoms in total. The van der Waals surface area contributed by atoms with Crippen LogP contribution < -0.4 is 16.8 Å². The third kappa shape index (κ3) is 5.79. The predicted molar refractivity (Wildman–Crippen MR) is 134 cm³/mol. The maximum atomic E-state index is 13.0. The van der Waals surface area contributed by atoms with E-state index in [0.717, 1.165) is 21.7 Å². The number of benzene rings is 2. The molecule has 2 atom stereocenters. The van der Waals surface area contributed by atoms with Gasteiger partial charge in [0.15, 0.2) is 0 Å². The molecule has 0 fully saturated rings. The Morgan fingerprint density at radius 3 is 2.52 bits per heavy atom. The van der Waals surface area contributed by atoms with E-state index in [-0.39, 0.29) is 25.3 Å². The van der Waals surface area contributed by atoms with Gasteiger partial charge in [0.05, 0.1) is 15.6 Å². The van der Waals surface area contributed by atoms with Crippen LogP contribution in [-0.4, -0.2) is 28.9 Å². The Balaban J connectivity index is 2.03. The molecule has 1 unspecified atom stereocenters. The molecule has 8 heteroatoms. The summed E-state index contributed by atoms with van der Waals surface area (Å²) in [6.45, 7) is 3.82. The first-order chi connectivity index (χ1) is 15.8. The van der Waals surface area contributed by atoms with Crippen molar-refractivity contribution in [2.24, 2.45) is 17.4 Å². The van der Waals surface area contributed by atoms with Crippen molar-refractivity contribution in [1.82, 2.24) is 10.3 Å². The first-order valence-electron chi connectivity index (χ1n) is 10.9. The Morgan fingerprint density at radius 2 is 1.91 bits per heavy atom. The van der Waals surface area contributed by atoms with Crippen molar-refractivity contribution in [1.29, 1.82) is 0 Å². The van der Waals surface area contributed by atoms with Crippen molar-refractivity contribution in [3.63, 3.8) is 0 Å². The lowest BCUT2D eigenvalue weighted by molar-refractivity contribution is -0.133. The van der Waals surface area contributed by atoms with Crippen molar-refractivity contribution in [2.45, 2.75) is 38.6 Å². The van der Waals surface area contributed by atoms with E-state index in [1.54, 1.807) is 6.92 Å². The molecule has 0 aliphatic rings. The average molecular weight is 485 g/mol. The van der Waals surface area contributed by atoms with E-state index in [4.69, 9.17) is 28.1 Å². The maximum Gasteiger partial charge on any atom is 0.243 e. The quantitative estimate of drug-likeness (QED) is 0.405. The second-order valence-corrected chi connectivity index (χ2v) is 9.59. The second kappa shape index (κ2) is 10.9. The van der Waals surface area contributed by atoms with Crippen LogP contribution in [0.15, 0.2) is 54.6 Å². The van der Waals surface area contributed by atoms with Crippen molar-refractivity contribution in [2.75, 3.05) is 6.54 Å². The van der Waals surface area contributed by atoms with Crippen LogP contribution in [0.1, 0.15) is 29.6 Å². The number of hydrogen-bond donors (Lipinski definition) is 3. The SMILES string of the molecule is CCC(=O)NC(Cc1nc(C)c(-c2cccc(Cl)c2)s1)(C(N)=O)[C@H](CN)Cc1ccccc1. The lowest BCUT2D eigenvalue weighted by Gasteiger charge is -2.38. The minimum Gasteiger partial charge on any atom is -0.368 e. The summed E-state index contributed by atoms with van der Waals surface area (Å²) in [6, 6.07) is 17.3. The molecule has 0 saturated heterocycles. The number of hydrogen-bond acceptors (Lipinski definition) is 5. The smallest absolute Gasteiger partial charge is 0.243 e. The molecule has 1 heterocycles. The van der Waals surface area contributed by atoms with Gasteiger partial charge >= 0.3 is 0 Å². The van der Waals surface area contributed by atoms with Gasteiger partial charge in [-0.15, -0.1) is 11.3 Å². The van der Waals surface area contributed by atoms with E-state index in [2.05, 4.69) is 5.32 Å². The normalized spacial score (nSPS) is 13.8. The van der Waals surface area contributed by atoms with Crippen LogP contribution in [0.5, 0.6) is 0 Å². The summed E-state index contributed by atoms with van der Waals surface area (Å²) < 4.78 is 0. The summed E-state index contributed by atoms with van der Waals surface area (Å²) >= 11 is 7.64. The van der Waals surface area contributed by atoms with Crippen molar-refractivity contribution in [3.8, 4) is 10.4 Å². The molecule has 3 rings (SSSR count). The topological polar surface area (TPSA) is 111 Å². The van der Waals surface area contributed by atoms with Crippen LogP contribution in [0.25, 0.3) is 10.4 Å². The zero-order chi connectivity index (χ0) is 24.0. The van der Waals surface area contributed by atoms with Crippen LogP contribution in [-0.2, 0) is 22.4 Å².